The van der Waals surface area contributed by atoms with E-state index in [0.29, 0.717) is 30.8 Å². The molecule has 0 amide bonds. The van der Waals surface area contributed by atoms with E-state index in [1.165, 1.54) is 26.2 Å². The number of rotatable bonds is 11. The Bertz CT molecular complexity index is 626. The van der Waals surface area contributed by atoms with Gasteiger partial charge in [0.1, 0.15) is 5.75 Å². The molecule has 1 aromatic rings. The van der Waals surface area contributed by atoms with Crippen LogP contribution < -0.4 is 4.74 Å². The number of hydrogen-bond donors (Lipinski definition) is 0. The van der Waals surface area contributed by atoms with Gasteiger partial charge in [0, 0.05) is 18.1 Å². The number of methoxy groups -OCH3 is 1. The zero-order chi connectivity index (χ0) is 18.8. The Morgan fingerprint density at radius 3 is 2.40 bits per heavy atom. The number of unbranched alkanes of at least 4 members (excludes halogenated alkanes) is 3. The molecular formula is C18H25NO6. The van der Waals surface area contributed by atoms with E-state index in [0.717, 1.165) is 25.7 Å². The topological polar surface area (TPSA) is 95.7 Å². The molecule has 7 nitrogen and oxygen atoms in total. The number of Topliss-reactive ketones (excluding diaryl/α,β-unsaturated/α-hetero) is 1. The first-order chi connectivity index (χ1) is 11.9. The van der Waals surface area contributed by atoms with E-state index in [9.17, 15) is 19.7 Å². The SMILES string of the molecule is CCOC(=O)CCCCCCc1cc([N+](=O)[O-])c(C(C)=O)cc1OC. The predicted molar refractivity (Wildman–Crippen MR) is 93.1 cm³/mol. The second kappa shape index (κ2) is 10.4. The van der Waals surface area contributed by atoms with E-state index in [1.54, 1.807) is 6.92 Å². The molecule has 0 aliphatic carbocycles. The van der Waals surface area contributed by atoms with Crippen molar-refractivity contribution < 1.29 is 24.0 Å². The number of nitro groups is 1. The van der Waals surface area contributed by atoms with Gasteiger partial charge in [0.15, 0.2) is 5.78 Å². The molecule has 0 bridgehead atoms. The first kappa shape index (κ1) is 20.6. The summed E-state index contributed by atoms with van der Waals surface area (Å²) in [5, 5.41) is 11.2. The monoisotopic (exact) mass is 351 g/mol. The number of aryl methyl sites for hydroxylation is 1. The van der Waals surface area contributed by atoms with Gasteiger partial charge >= 0.3 is 5.97 Å². The number of nitro benzene ring substituents is 1. The molecule has 0 aliphatic rings. The number of nitrogens with zero attached hydrogens (tertiary/aromatic N) is 1. The van der Waals surface area contributed by atoms with Crippen LogP contribution in [0.15, 0.2) is 12.1 Å². The van der Waals surface area contributed by atoms with E-state index in [2.05, 4.69) is 0 Å². The van der Waals surface area contributed by atoms with Crippen LogP contribution in [0.5, 0.6) is 5.75 Å². The molecule has 0 radical (unpaired) electrons. The summed E-state index contributed by atoms with van der Waals surface area (Å²) < 4.78 is 10.1. The molecule has 0 spiro atoms. The zero-order valence-electron chi connectivity index (χ0n) is 15.0. The fourth-order valence-electron chi connectivity index (χ4n) is 2.60. The summed E-state index contributed by atoms with van der Waals surface area (Å²) in [6, 6.07) is 2.87. The van der Waals surface area contributed by atoms with Crippen LogP contribution in [0, 0.1) is 10.1 Å². The van der Waals surface area contributed by atoms with Crippen molar-refractivity contribution >= 4 is 17.4 Å². The van der Waals surface area contributed by atoms with E-state index < -0.39 is 4.92 Å². The highest BCUT2D eigenvalue weighted by molar-refractivity contribution is 5.98. The third-order valence-electron chi connectivity index (χ3n) is 3.86. The number of esters is 1. The van der Waals surface area contributed by atoms with Gasteiger partial charge in [-0.2, -0.15) is 0 Å². The van der Waals surface area contributed by atoms with Crippen LogP contribution in [-0.2, 0) is 16.0 Å². The highest BCUT2D eigenvalue weighted by Gasteiger charge is 2.21. The van der Waals surface area contributed by atoms with Gasteiger partial charge in [0.05, 0.1) is 24.2 Å². The molecule has 0 heterocycles. The Balaban J connectivity index is 2.63. The van der Waals surface area contributed by atoms with Crippen LogP contribution in [0.25, 0.3) is 0 Å². The second-order valence-electron chi connectivity index (χ2n) is 5.71. The first-order valence-corrected chi connectivity index (χ1v) is 8.42. The Kier molecular flexibility index (Phi) is 8.60. The normalized spacial score (nSPS) is 10.4. The first-order valence-electron chi connectivity index (χ1n) is 8.42. The summed E-state index contributed by atoms with van der Waals surface area (Å²) in [4.78, 5) is 33.5. The predicted octanol–water partition coefficient (Wildman–Crippen LogP) is 3.86. The third kappa shape index (κ3) is 6.52. The van der Waals surface area contributed by atoms with Crippen LogP contribution in [0.2, 0.25) is 0 Å². The fourth-order valence-corrected chi connectivity index (χ4v) is 2.60. The summed E-state index contributed by atoms with van der Waals surface area (Å²) >= 11 is 0. The molecule has 0 aliphatic heterocycles. The third-order valence-corrected chi connectivity index (χ3v) is 3.86. The molecule has 1 aromatic carbocycles. The average Bonchev–Trinajstić information content (AvgIpc) is 2.57. The lowest BCUT2D eigenvalue weighted by molar-refractivity contribution is -0.385. The number of carbonyl (C=O) groups excluding carboxylic acids is 2. The largest absolute Gasteiger partial charge is 0.496 e. The molecule has 1 rings (SSSR count). The summed E-state index contributed by atoms with van der Waals surface area (Å²) in [6.45, 7) is 3.47. The van der Waals surface area contributed by atoms with Crippen LogP contribution in [-0.4, -0.2) is 30.4 Å². The summed E-state index contributed by atoms with van der Waals surface area (Å²) in [6.07, 6.45) is 4.38. The van der Waals surface area contributed by atoms with Crippen molar-refractivity contribution in [3.63, 3.8) is 0 Å². The van der Waals surface area contributed by atoms with Gasteiger partial charge in [-0.25, -0.2) is 0 Å². The highest BCUT2D eigenvalue weighted by Crippen LogP contribution is 2.30. The lowest BCUT2D eigenvalue weighted by atomic mass is 10.00. The zero-order valence-corrected chi connectivity index (χ0v) is 15.0. The molecule has 0 atom stereocenters. The molecule has 25 heavy (non-hydrogen) atoms. The molecule has 0 saturated heterocycles. The molecule has 0 fully saturated rings. The van der Waals surface area contributed by atoms with Gasteiger partial charge in [0.25, 0.3) is 5.69 Å². The van der Waals surface area contributed by atoms with Crippen LogP contribution in [0.3, 0.4) is 0 Å². The molecule has 7 heteroatoms. The standard InChI is InChI=1S/C18H25NO6/c1-4-25-18(21)10-8-6-5-7-9-14-11-16(19(22)23)15(13(2)20)12-17(14)24-3/h11-12H,4-10H2,1-3H3. The number of carbonyl (C=O) groups is 2. The smallest absolute Gasteiger partial charge is 0.305 e. The second-order valence-corrected chi connectivity index (χ2v) is 5.71. The van der Waals surface area contributed by atoms with E-state index >= 15 is 0 Å². The van der Waals surface area contributed by atoms with Gasteiger partial charge in [-0.3, -0.25) is 19.7 Å². The lowest BCUT2D eigenvalue weighted by Crippen LogP contribution is -2.04. The van der Waals surface area contributed by atoms with Crippen LogP contribution in [0.4, 0.5) is 5.69 Å². The number of ether oxygens (including phenoxy) is 2. The van der Waals surface area contributed by atoms with Crippen molar-refractivity contribution in [3.05, 3.63) is 33.4 Å². The summed E-state index contributed by atoms with van der Waals surface area (Å²) in [5.74, 6) is -0.0579. The average molecular weight is 351 g/mol. The Morgan fingerprint density at radius 2 is 1.84 bits per heavy atom. The fraction of sp³-hybridized carbons (Fsp3) is 0.556. The van der Waals surface area contributed by atoms with E-state index in [1.807, 2.05) is 0 Å². The number of hydrogen-bond acceptors (Lipinski definition) is 6. The maximum atomic E-state index is 11.6. The van der Waals surface area contributed by atoms with Gasteiger partial charge < -0.3 is 9.47 Å². The maximum Gasteiger partial charge on any atom is 0.305 e. The Hall–Kier alpha value is -2.44. The molecule has 0 saturated carbocycles. The van der Waals surface area contributed by atoms with Crippen molar-refractivity contribution in [1.82, 2.24) is 0 Å². The van der Waals surface area contributed by atoms with Gasteiger partial charge in [-0.05, 0) is 39.2 Å². The minimum absolute atomic E-state index is 0.0556. The van der Waals surface area contributed by atoms with Crippen LogP contribution in [0.1, 0.15) is 61.9 Å². The molecular weight excluding hydrogens is 326 g/mol. The Labute approximate surface area is 147 Å². The van der Waals surface area contributed by atoms with Gasteiger partial charge in [-0.1, -0.05) is 12.8 Å². The minimum atomic E-state index is -0.543. The summed E-state index contributed by atoms with van der Waals surface area (Å²) in [7, 11) is 1.48. The van der Waals surface area contributed by atoms with Crippen molar-refractivity contribution in [1.29, 1.82) is 0 Å². The Morgan fingerprint density at radius 1 is 1.16 bits per heavy atom. The van der Waals surface area contributed by atoms with Crippen molar-refractivity contribution in [3.8, 4) is 5.75 Å². The maximum absolute atomic E-state index is 11.6. The molecule has 138 valence electrons. The molecule has 0 aromatic heterocycles. The van der Waals surface area contributed by atoms with Crippen molar-refractivity contribution in [2.45, 2.75) is 52.4 Å². The molecule has 0 N–H and O–H groups in total. The number of ketones is 1. The van der Waals surface area contributed by atoms with Crippen molar-refractivity contribution in [2.75, 3.05) is 13.7 Å². The van der Waals surface area contributed by atoms with Gasteiger partial charge in [0.2, 0.25) is 0 Å². The number of benzene rings is 1. The van der Waals surface area contributed by atoms with E-state index in [-0.39, 0.29) is 23.0 Å². The summed E-state index contributed by atoms with van der Waals surface area (Å²) in [5.41, 5.74) is 0.579. The van der Waals surface area contributed by atoms with E-state index in [4.69, 9.17) is 9.47 Å². The van der Waals surface area contributed by atoms with Crippen molar-refractivity contribution in [2.24, 2.45) is 0 Å². The minimum Gasteiger partial charge on any atom is -0.496 e. The quantitative estimate of drug-likeness (QED) is 0.197. The highest BCUT2D eigenvalue weighted by atomic mass is 16.6. The molecule has 0 unspecified atom stereocenters. The van der Waals surface area contributed by atoms with Gasteiger partial charge in [-0.15, -0.1) is 0 Å². The van der Waals surface area contributed by atoms with Crippen LogP contribution >= 0.6 is 0 Å². The lowest BCUT2D eigenvalue weighted by Gasteiger charge is -2.10.